The average Bonchev–Trinajstić information content (AvgIpc) is 2.57. The second kappa shape index (κ2) is 11.0. The van der Waals surface area contributed by atoms with Crippen molar-refractivity contribution < 1.29 is 24.3 Å². The van der Waals surface area contributed by atoms with Crippen LogP contribution in [0.1, 0.15) is 98.8 Å². The highest BCUT2D eigenvalue weighted by molar-refractivity contribution is 5.76. The number of ether oxygens (including phenoxy) is 1. The molecule has 27 heavy (non-hydrogen) atoms. The molecule has 6 nitrogen and oxygen atoms in total. The molecule has 0 aromatic rings. The van der Waals surface area contributed by atoms with Crippen LogP contribution in [0.4, 0.5) is 0 Å². The van der Waals surface area contributed by atoms with Crippen molar-refractivity contribution in [3.63, 3.8) is 0 Å². The fourth-order valence-electron chi connectivity index (χ4n) is 3.84. The Morgan fingerprint density at radius 2 is 1.67 bits per heavy atom. The second-order valence-electron chi connectivity index (χ2n) is 8.78. The number of hydrogen-bond donors (Lipinski definition) is 1. The van der Waals surface area contributed by atoms with Gasteiger partial charge in [-0.1, -0.05) is 39.0 Å². The molecule has 1 aliphatic rings. The third kappa shape index (κ3) is 7.78. The Hall–Kier alpha value is -1.14. The number of aliphatic carboxylic acids is 1. The zero-order chi connectivity index (χ0) is 20.5. The Labute approximate surface area is 164 Å². The first-order valence-electron chi connectivity index (χ1n) is 10.5. The van der Waals surface area contributed by atoms with Gasteiger partial charge in [-0.05, 0) is 47.0 Å². The van der Waals surface area contributed by atoms with Gasteiger partial charge in [0.05, 0.1) is 30.0 Å². The summed E-state index contributed by atoms with van der Waals surface area (Å²) in [7, 11) is 0. The van der Waals surface area contributed by atoms with E-state index in [-0.39, 0.29) is 24.5 Å². The molecule has 1 fully saturated rings. The fourth-order valence-corrected chi connectivity index (χ4v) is 3.84. The van der Waals surface area contributed by atoms with E-state index < -0.39 is 17.5 Å². The van der Waals surface area contributed by atoms with Crippen LogP contribution in [0.2, 0.25) is 0 Å². The zero-order valence-electron chi connectivity index (χ0n) is 17.9. The summed E-state index contributed by atoms with van der Waals surface area (Å²) in [5.41, 5.74) is -0.786. The van der Waals surface area contributed by atoms with Crippen LogP contribution in [0.3, 0.4) is 0 Å². The van der Waals surface area contributed by atoms with Crippen LogP contribution in [0, 0.1) is 0 Å². The molecule has 0 aromatic heterocycles. The predicted octanol–water partition coefficient (Wildman–Crippen LogP) is 4.71. The monoisotopic (exact) mass is 385 g/mol. The maximum atomic E-state index is 12.1. The molecule has 0 aromatic carbocycles. The summed E-state index contributed by atoms with van der Waals surface area (Å²) in [6.45, 7) is 11.1. The molecule has 1 aliphatic heterocycles. The molecule has 0 saturated carbocycles. The summed E-state index contributed by atoms with van der Waals surface area (Å²) in [6, 6.07) is 0. The van der Waals surface area contributed by atoms with Gasteiger partial charge in [0.15, 0.2) is 0 Å². The average molecular weight is 386 g/mol. The molecule has 1 atom stereocenters. The maximum absolute atomic E-state index is 12.1. The van der Waals surface area contributed by atoms with Crippen molar-refractivity contribution in [1.29, 1.82) is 0 Å². The third-order valence-corrected chi connectivity index (χ3v) is 5.43. The highest BCUT2D eigenvalue weighted by Crippen LogP contribution is 2.40. The van der Waals surface area contributed by atoms with Crippen LogP contribution in [0.25, 0.3) is 0 Å². The lowest BCUT2D eigenvalue weighted by molar-refractivity contribution is -0.290. The van der Waals surface area contributed by atoms with Crippen molar-refractivity contribution >= 4 is 11.9 Å². The van der Waals surface area contributed by atoms with Gasteiger partial charge in [0.2, 0.25) is 0 Å². The van der Waals surface area contributed by atoms with Crippen LogP contribution in [-0.2, 0) is 19.2 Å². The van der Waals surface area contributed by atoms with Gasteiger partial charge in [-0.3, -0.25) is 9.59 Å². The van der Waals surface area contributed by atoms with Gasteiger partial charge in [-0.15, -0.1) is 5.06 Å². The van der Waals surface area contributed by atoms with Crippen molar-refractivity contribution in [3.8, 4) is 0 Å². The standard InChI is InChI=1S/C21H39NO5/c1-6-7-8-9-10-11-16-26-17-14-15-20(2,3)22(21(17,4)5)27-19(25)13-12-18(23)24/h17H,6-16H2,1-5H3,(H,23,24). The third-order valence-electron chi connectivity index (χ3n) is 5.43. The molecular formula is C21H39NO5. The van der Waals surface area contributed by atoms with Crippen molar-refractivity contribution in [3.05, 3.63) is 0 Å². The van der Waals surface area contributed by atoms with E-state index in [0.29, 0.717) is 0 Å². The minimum atomic E-state index is -0.996. The topological polar surface area (TPSA) is 76.1 Å². The molecule has 158 valence electrons. The van der Waals surface area contributed by atoms with E-state index in [9.17, 15) is 9.59 Å². The number of carbonyl (C=O) groups excluding carboxylic acids is 1. The van der Waals surface area contributed by atoms with E-state index in [2.05, 4.69) is 6.92 Å². The van der Waals surface area contributed by atoms with E-state index in [1.807, 2.05) is 27.7 Å². The first-order chi connectivity index (χ1) is 12.6. The number of carboxylic acids is 1. The molecule has 0 radical (unpaired) electrons. The van der Waals surface area contributed by atoms with Crippen molar-refractivity contribution in [2.45, 2.75) is 116 Å². The second-order valence-corrected chi connectivity index (χ2v) is 8.78. The van der Waals surface area contributed by atoms with Gasteiger partial charge >= 0.3 is 11.9 Å². The number of nitrogens with zero attached hydrogens (tertiary/aromatic N) is 1. The number of rotatable bonds is 12. The van der Waals surface area contributed by atoms with Crippen molar-refractivity contribution in [1.82, 2.24) is 5.06 Å². The fraction of sp³-hybridized carbons (Fsp3) is 0.905. The highest BCUT2D eigenvalue weighted by Gasteiger charge is 2.50. The molecule has 1 heterocycles. The lowest BCUT2D eigenvalue weighted by Gasteiger charge is -2.53. The number of unbranched alkanes of at least 4 members (excludes halogenated alkanes) is 5. The number of hydroxylamine groups is 2. The lowest BCUT2D eigenvalue weighted by atomic mass is 9.80. The summed E-state index contributed by atoms with van der Waals surface area (Å²) in [6.07, 6.45) is 8.75. The Bertz CT molecular complexity index is 475. The molecule has 0 aliphatic carbocycles. The van der Waals surface area contributed by atoms with Gasteiger partial charge in [0.1, 0.15) is 0 Å². The quantitative estimate of drug-likeness (QED) is 0.490. The summed E-state index contributed by atoms with van der Waals surface area (Å²) in [5, 5.41) is 10.5. The van der Waals surface area contributed by atoms with Gasteiger partial charge in [0, 0.05) is 6.61 Å². The summed E-state index contributed by atoms with van der Waals surface area (Å²) in [5.74, 6) is -1.50. The van der Waals surface area contributed by atoms with E-state index in [0.717, 1.165) is 25.9 Å². The smallest absolute Gasteiger partial charge is 0.325 e. The molecule has 1 rings (SSSR count). The normalized spacial score (nSPS) is 21.7. The SMILES string of the molecule is CCCCCCCCOC1CCC(C)(C)N(OC(=O)CCC(=O)O)C1(C)C. The lowest BCUT2D eigenvalue weighted by Crippen LogP contribution is -2.65. The largest absolute Gasteiger partial charge is 0.481 e. The number of carboxylic acid groups (broad SMARTS) is 1. The van der Waals surface area contributed by atoms with Crippen LogP contribution in [0.15, 0.2) is 0 Å². The first-order valence-corrected chi connectivity index (χ1v) is 10.5. The van der Waals surface area contributed by atoms with Gasteiger partial charge in [0.25, 0.3) is 0 Å². The molecule has 1 unspecified atom stereocenters. The zero-order valence-corrected chi connectivity index (χ0v) is 17.9. The summed E-state index contributed by atoms with van der Waals surface area (Å²) < 4.78 is 6.18. The van der Waals surface area contributed by atoms with Crippen LogP contribution < -0.4 is 0 Å². The van der Waals surface area contributed by atoms with Gasteiger partial charge in [-0.2, -0.15) is 0 Å². The van der Waals surface area contributed by atoms with Crippen LogP contribution in [-0.4, -0.2) is 45.9 Å². The Kier molecular flexibility index (Phi) is 9.74. The molecule has 0 amide bonds. The Morgan fingerprint density at radius 1 is 1.04 bits per heavy atom. The highest BCUT2D eigenvalue weighted by atomic mass is 16.7. The van der Waals surface area contributed by atoms with E-state index >= 15 is 0 Å². The molecule has 1 saturated heterocycles. The first kappa shape index (κ1) is 23.9. The molecule has 6 heteroatoms. The molecule has 0 spiro atoms. The Balaban J connectivity index is 2.57. The Morgan fingerprint density at radius 3 is 2.30 bits per heavy atom. The molecular weight excluding hydrogens is 346 g/mol. The van der Waals surface area contributed by atoms with E-state index in [4.69, 9.17) is 14.7 Å². The van der Waals surface area contributed by atoms with E-state index in [1.165, 1.54) is 32.1 Å². The minimum absolute atomic E-state index is 0.0200. The minimum Gasteiger partial charge on any atom is -0.481 e. The van der Waals surface area contributed by atoms with Crippen LogP contribution >= 0.6 is 0 Å². The van der Waals surface area contributed by atoms with Crippen LogP contribution in [0.5, 0.6) is 0 Å². The van der Waals surface area contributed by atoms with Gasteiger partial charge < -0.3 is 14.7 Å². The van der Waals surface area contributed by atoms with E-state index in [1.54, 1.807) is 5.06 Å². The number of hydrogen-bond acceptors (Lipinski definition) is 5. The molecule has 0 bridgehead atoms. The number of piperidine rings is 1. The van der Waals surface area contributed by atoms with Crippen molar-refractivity contribution in [2.24, 2.45) is 0 Å². The number of carbonyl (C=O) groups is 2. The van der Waals surface area contributed by atoms with Crippen molar-refractivity contribution in [2.75, 3.05) is 6.61 Å². The summed E-state index contributed by atoms with van der Waals surface area (Å²) in [4.78, 5) is 28.4. The maximum Gasteiger partial charge on any atom is 0.325 e. The predicted molar refractivity (Wildman–Crippen MR) is 105 cm³/mol. The summed E-state index contributed by atoms with van der Waals surface area (Å²) >= 11 is 0. The molecule has 1 N–H and O–H groups in total. The van der Waals surface area contributed by atoms with Gasteiger partial charge in [-0.25, -0.2) is 0 Å².